The van der Waals surface area contributed by atoms with Gasteiger partial charge in [0.25, 0.3) is 0 Å². The van der Waals surface area contributed by atoms with E-state index in [1.165, 1.54) is 0 Å². The molecular weight excluding hydrogens is 176 g/mol. The first-order valence-electron chi connectivity index (χ1n) is 4.58. The van der Waals surface area contributed by atoms with Crippen LogP contribution >= 0.6 is 0 Å². The van der Waals surface area contributed by atoms with Crippen molar-refractivity contribution in [2.24, 2.45) is 5.41 Å². The van der Waals surface area contributed by atoms with Crippen molar-refractivity contribution in [1.82, 2.24) is 0 Å². The molecule has 0 saturated carbocycles. The van der Waals surface area contributed by atoms with Crippen molar-refractivity contribution in [3.63, 3.8) is 0 Å². The minimum absolute atomic E-state index is 0.0538. The average molecular weight is 191 g/mol. The molecule has 76 valence electrons. The first-order valence-corrected chi connectivity index (χ1v) is 4.58. The van der Waals surface area contributed by atoms with Crippen LogP contribution in [0.25, 0.3) is 0 Å². The number of hydrogen-bond donors (Lipinski definition) is 1. The molecule has 2 nitrogen and oxygen atoms in total. The highest BCUT2D eigenvalue weighted by atomic mass is 16.3. The second-order valence-electron chi connectivity index (χ2n) is 4.56. The highest BCUT2D eigenvalue weighted by Gasteiger charge is 2.22. The van der Waals surface area contributed by atoms with Crippen molar-refractivity contribution in [2.75, 3.05) is 0 Å². The number of aliphatic hydroxyl groups excluding tert-OH is 1. The highest BCUT2D eigenvalue weighted by Crippen LogP contribution is 2.38. The summed E-state index contributed by atoms with van der Waals surface area (Å²) >= 11 is 0. The van der Waals surface area contributed by atoms with E-state index in [1.54, 1.807) is 12.0 Å². The summed E-state index contributed by atoms with van der Waals surface area (Å²) in [6.07, 6.45) is 3.59. The Morgan fingerprint density at radius 1 is 1.36 bits per heavy atom. The monoisotopic (exact) mass is 191 g/mol. The summed E-state index contributed by atoms with van der Waals surface area (Å²) in [5, 5.41) is 9.79. The van der Waals surface area contributed by atoms with Gasteiger partial charge in [0, 0.05) is 12.0 Å². The maximum absolute atomic E-state index is 10.6. The van der Waals surface area contributed by atoms with Crippen LogP contribution < -0.4 is 0 Å². The minimum atomic E-state index is -0.165. The van der Waals surface area contributed by atoms with Gasteiger partial charge in [0.1, 0.15) is 0 Å². The zero-order valence-electron chi connectivity index (χ0n) is 9.01. The van der Waals surface area contributed by atoms with E-state index in [9.17, 15) is 9.90 Å². The molecule has 0 unspecified atom stereocenters. The lowest BCUT2D eigenvalue weighted by Gasteiger charge is -2.35. The van der Waals surface area contributed by atoms with Crippen LogP contribution in [0.5, 0.6) is 0 Å². The number of hydrogen-bond acceptors (Lipinski definition) is 2. The Balaban J connectivity index is 3.21. The van der Waals surface area contributed by atoms with Crippen molar-refractivity contribution in [1.29, 1.82) is 0 Å². The molecule has 1 aliphatic carbocycles. The Bertz CT molecular complexity index is 347. The van der Waals surface area contributed by atoms with Crippen LogP contribution in [0, 0.1) is 11.5 Å². The first-order chi connectivity index (χ1) is 6.36. The Kier molecular flexibility index (Phi) is 2.70. The largest absolute Gasteiger partial charge is 0.406 e. The summed E-state index contributed by atoms with van der Waals surface area (Å²) in [7, 11) is 0. The molecule has 0 amide bonds. The summed E-state index contributed by atoms with van der Waals surface area (Å²) in [5.41, 5.74) is 1.83. The van der Waals surface area contributed by atoms with E-state index in [1.807, 2.05) is 33.8 Å². The van der Waals surface area contributed by atoms with Gasteiger partial charge in [-0.15, -0.1) is 17.7 Å². The van der Waals surface area contributed by atoms with E-state index in [0.29, 0.717) is 0 Å². The molecule has 0 heterocycles. The van der Waals surface area contributed by atoms with Gasteiger partial charge in [-0.2, -0.15) is 0 Å². The van der Waals surface area contributed by atoms with Gasteiger partial charge in [-0.3, -0.25) is 0 Å². The Morgan fingerprint density at radius 2 is 1.93 bits per heavy atom. The summed E-state index contributed by atoms with van der Waals surface area (Å²) in [4.78, 5) is 10.6. The zero-order chi connectivity index (χ0) is 10.9. The number of rotatable bonds is 0. The predicted molar refractivity (Wildman–Crippen MR) is 55.7 cm³/mol. The van der Waals surface area contributed by atoms with E-state index in [4.69, 9.17) is 0 Å². The second-order valence-corrected chi connectivity index (χ2v) is 4.56. The molecular formula is C12H15O2-. The fraction of sp³-hybridized carbons (Fsp3) is 0.417. The van der Waals surface area contributed by atoms with Gasteiger partial charge in [0.15, 0.2) is 0 Å². The molecule has 0 radical (unpaired) electrons. The molecule has 1 N–H and O–H groups in total. The minimum Gasteiger partial charge on any atom is -0.406 e. The molecule has 0 fully saturated rings. The van der Waals surface area contributed by atoms with Crippen LogP contribution in [0.4, 0.5) is 0 Å². The van der Waals surface area contributed by atoms with Crippen LogP contribution in [-0.4, -0.2) is 11.0 Å². The second kappa shape index (κ2) is 3.49. The van der Waals surface area contributed by atoms with Gasteiger partial charge in [0.2, 0.25) is 0 Å². The van der Waals surface area contributed by atoms with Crippen LogP contribution in [0.2, 0.25) is 0 Å². The van der Waals surface area contributed by atoms with Crippen molar-refractivity contribution < 1.29 is 9.90 Å². The van der Waals surface area contributed by atoms with Gasteiger partial charge in [-0.1, -0.05) is 33.3 Å². The standard InChI is InChI=1S/C12H15O2/c1-8-5-9(7-13)11(14)10(6-8)12(2,3)4/h5-6,14H,1-4H3/q-1. The van der Waals surface area contributed by atoms with E-state index >= 15 is 0 Å². The fourth-order valence-electron chi connectivity index (χ4n) is 1.43. The summed E-state index contributed by atoms with van der Waals surface area (Å²) in [6, 6.07) is 0. The molecule has 2 heteroatoms. The SMILES string of the molecule is CC1=CC(=C=O)[C-](O)C(C(C)(C)C)=C1. The molecule has 0 atom stereocenters. The third kappa shape index (κ3) is 1.98. The molecule has 1 aliphatic rings. The normalized spacial score (nSPS) is 17.5. The molecule has 1 rings (SSSR count). The number of carbonyl (C=O) groups excluding carboxylic acids is 1. The quantitative estimate of drug-likeness (QED) is 0.472. The van der Waals surface area contributed by atoms with Crippen LogP contribution in [0.1, 0.15) is 27.7 Å². The average Bonchev–Trinajstić information content (AvgIpc) is 2.06. The number of aliphatic hydroxyl groups is 1. The zero-order valence-corrected chi connectivity index (χ0v) is 9.01. The van der Waals surface area contributed by atoms with Gasteiger partial charge in [-0.05, 0) is 11.0 Å². The summed E-state index contributed by atoms with van der Waals surface area (Å²) in [5.74, 6) is 1.75. The molecule has 0 aromatic heterocycles. The van der Waals surface area contributed by atoms with E-state index in [0.717, 1.165) is 11.1 Å². The fourth-order valence-corrected chi connectivity index (χ4v) is 1.43. The molecule has 0 saturated heterocycles. The Labute approximate surface area is 84.6 Å². The van der Waals surface area contributed by atoms with Crippen LogP contribution in [-0.2, 0) is 4.79 Å². The van der Waals surface area contributed by atoms with E-state index in [2.05, 4.69) is 0 Å². The van der Waals surface area contributed by atoms with Gasteiger partial charge in [-0.25, -0.2) is 0 Å². The summed E-state index contributed by atoms with van der Waals surface area (Å²) < 4.78 is 0. The molecule has 0 aromatic rings. The summed E-state index contributed by atoms with van der Waals surface area (Å²) in [6.45, 7) is 7.89. The topological polar surface area (TPSA) is 37.3 Å². The van der Waals surface area contributed by atoms with Gasteiger partial charge >= 0.3 is 0 Å². The van der Waals surface area contributed by atoms with Crippen LogP contribution in [0.15, 0.2) is 28.9 Å². The third-order valence-corrected chi connectivity index (χ3v) is 2.17. The predicted octanol–water partition coefficient (Wildman–Crippen LogP) is 2.58. The van der Waals surface area contributed by atoms with E-state index < -0.39 is 0 Å². The molecule has 0 aromatic carbocycles. The Morgan fingerprint density at radius 3 is 2.36 bits per heavy atom. The van der Waals surface area contributed by atoms with Gasteiger partial charge in [0.05, 0.1) is 0 Å². The van der Waals surface area contributed by atoms with Crippen LogP contribution in [0.3, 0.4) is 0 Å². The lowest BCUT2D eigenvalue weighted by atomic mass is 9.77. The Hall–Kier alpha value is -1.24. The maximum Gasteiger partial charge on any atom is 0.00558 e. The van der Waals surface area contributed by atoms with Gasteiger partial charge < -0.3 is 9.90 Å². The molecule has 0 bridgehead atoms. The van der Waals surface area contributed by atoms with Crippen molar-refractivity contribution in [3.8, 4) is 0 Å². The highest BCUT2D eigenvalue weighted by molar-refractivity contribution is 5.69. The van der Waals surface area contributed by atoms with Crippen molar-refractivity contribution in [2.45, 2.75) is 27.7 Å². The van der Waals surface area contributed by atoms with Crippen molar-refractivity contribution in [3.05, 3.63) is 35.0 Å². The molecule has 0 aliphatic heterocycles. The first kappa shape index (κ1) is 10.8. The smallest absolute Gasteiger partial charge is 0.00558 e. The van der Waals surface area contributed by atoms with E-state index in [-0.39, 0.29) is 17.1 Å². The lowest BCUT2D eigenvalue weighted by molar-refractivity contribution is 0.314. The van der Waals surface area contributed by atoms with Crippen molar-refractivity contribution >= 4 is 5.94 Å². The molecule has 14 heavy (non-hydrogen) atoms. The maximum atomic E-state index is 10.6. The lowest BCUT2D eigenvalue weighted by Crippen LogP contribution is -2.20. The molecule has 0 spiro atoms. The third-order valence-electron chi connectivity index (χ3n) is 2.17. The number of allylic oxidation sites excluding steroid dienone is 2.